The molecule has 0 unspecified atom stereocenters. The molecule has 0 radical (unpaired) electrons. The van der Waals surface area contributed by atoms with Crippen molar-refractivity contribution in [3.63, 3.8) is 0 Å². The zero-order valence-electron chi connectivity index (χ0n) is 6.55. The van der Waals surface area contributed by atoms with Crippen LogP contribution in [0.5, 0.6) is 0 Å². The van der Waals surface area contributed by atoms with Gasteiger partial charge in [-0.15, -0.1) is 13.2 Å². The van der Waals surface area contributed by atoms with Crippen LogP contribution in [-0.4, -0.2) is 19.4 Å². The second-order valence-corrected chi connectivity index (χ2v) is 0.865. The molecule has 3 heteroatoms. The molecule has 60 valence electrons. The number of hydrogen-bond donors (Lipinski definition) is 0. The van der Waals surface area contributed by atoms with Crippen molar-refractivity contribution in [2.24, 2.45) is 0 Å². The molecular weight excluding hydrogens is 132 g/mol. The van der Waals surface area contributed by atoms with Gasteiger partial charge in [-0.1, -0.05) is 0 Å². The first-order chi connectivity index (χ1) is 4.83. The van der Waals surface area contributed by atoms with Gasteiger partial charge in [-0.2, -0.15) is 9.59 Å². The Kier molecular flexibility index (Phi) is 68.5. The van der Waals surface area contributed by atoms with Crippen molar-refractivity contribution in [3.05, 3.63) is 13.2 Å². The van der Waals surface area contributed by atoms with Gasteiger partial charge in [0.15, 0.2) is 0 Å². The Labute approximate surface area is 61.7 Å². The highest BCUT2D eigenvalue weighted by molar-refractivity contribution is 5.20. The number of rotatable bonds is 2. The van der Waals surface area contributed by atoms with E-state index in [1.807, 2.05) is 13.8 Å². The van der Waals surface area contributed by atoms with Crippen molar-refractivity contribution < 1.29 is 14.3 Å². The minimum atomic E-state index is 0.250. The SMILES string of the molecule is C=C.CCOCC.O=C=O. The summed E-state index contributed by atoms with van der Waals surface area (Å²) in [7, 11) is 0. The summed E-state index contributed by atoms with van der Waals surface area (Å²) in [6, 6.07) is 0. The Morgan fingerprint density at radius 3 is 1.40 bits per heavy atom. The summed E-state index contributed by atoms with van der Waals surface area (Å²) >= 11 is 0. The third-order valence-corrected chi connectivity index (χ3v) is 0.408. The fourth-order valence-corrected chi connectivity index (χ4v) is 0.204. The molecule has 0 atom stereocenters. The first-order valence-corrected chi connectivity index (χ1v) is 2.90. The van der Waals surface area contributed by atoms with E-state index in [1.165, 1.54) is 0 Å². The molecule has 3 nitrogen and oxygen atoms in total. The number of hydrogen-bond acceptors (Lipinski definition) is 3. The van der Waals surface area contributed by atoms with E-state index in [0.717, 1.165) is 13.2 Å². The van der Waals surface area contributed by atoms with Crippen LogP contribution in [0, 0.1) is 0 Å². The highest BCUT2D eigenvalue weighted by Gasteiger charge is 1.64. The third-order valence-electron chi connectivity index (χ3n) is 0.408. The first kappa shape index (κ1) is 16.0. The van der Waals surface area contributed by atoms with E-state index in [4.69, 9.17) is 14.3 Å². The van der Waals surface area contributed by atoms with Crippen molar-refractivity contribution in [1.29, 1.82) is 0 Å². The molecular formula is C7H14O3. The predicted molar refractivity (Wildman–Crippen MR) is 38.4 cm³/mol. The lowest BCUT2D eigenvalue weighted by Crippen LogP contribution is -1.84. The lowest BCUT2D eigenvalue weighted by Gasteiger charge is -1.86. The number of carbonyl (C=O) groups excluding carboxylic acids is 2. The zero-order chi connectivity index (χ0) is 8.83. The van der Waals surface area contributed by atoms with Crippen molar-refractivity contribution >= 4 is 6.15 Å². The average molecular weight is 146 g/mol. The average Bonchev–Trinajstić information content (AvgIpc) is 1.96. The molecule has 0 rings (SSSR count). The Morgan fingerprint density at radius 2 is 1.40 bits per heavy atom. The second kappa shape index (κ2) is 42.7. The van der Waals surface area contributed by atoms with E-state index in [9.17, 15) is 0 Å². The van der Waals surface area contributed by atoms with E-state index in [0.29, 0.717) is 0 Å². The topological polar surface area (TPSA) is 43.4 Å². The van der Waals surface area contributed by atoms with Crippen molar-refractivity contribution in [1.82, 2.24) is 0 Å². The summed E-state index contributed by atoms with van der Waals surface area (Å²) in [6.07, 6.45) is 0.250. The van der Waals surface area contributed by atoms with Gasteiger partial charge in [0.2, 0.25) is 0 Å². The highest BCUT2D eigenvalue weighted by Crippen LogP contribution is 1.64. The molecule has 0 aliphatic heterocycles. The fourth-order valence-electron chi connectivity index (χ4n) is 0.204. The van der Waals surface area contributed by atoms with Crippen LogP contribution in [0.3, 0.4) is 0 Å². The first-order valence-electron chi connectivity index (χ1n) is 2.90. The van der Waals surface area contributed by atoms with E-state index in [1.54, 1.807) is 0 Å². The van der Waals surface area contributed by atoms with Crippen LogP contribution in [0.4, 0.5) is 0 Å². The molecule has 0 aromatic rings. The van der Waals surface area contributed by atoms with Crippen molar-refractivity contribution in [2.45, 2.75) is 13.8 Å². The normalized spacial score (nSPS) is 5.40. The Morgan fingerprint density at radius 1 is 1.20 bits per heavy atom. The van der Waals surface area contributed by atoms with Gasteiger partial charge in [0, 0.05) is 13.2 Å². The molecule has 0 saturated heterocycles. The van der Waals surface area contributed by atoms with Gasteiger partial charge >= 0.3 is 6.15 Å². The molecule has 0 bridgehead atoms. The van der Waals surface area contributed by atoms with Crippen LogP contribution in [0.1, 0.15) is 13.8 Å². The van der Waals surface area contributed by atoms with Gasteiger partial charge in [-0.25, -0.2) is 0 Å². The van der Waals surface area contributed by atoms with Gasteiger partial charge in [-0.3, -0.25) is 0 Å². The lowest BCUT2D eigenvalue weighted by atomic mass is 10.8. The molecule has 0 aromatic carbocycles. The highest BCUT2D eigenvalue weighted by atomic mass is 16.5. The van der Waals surface area contributed by atoms with Gasteiger partial charge in [0.25, 0.3) is 0 Å². The molecule has 0 saturated carbocycles. The monoisotopic (exact) mass is 146 g/mol. The smallest absolute Gasteiger partial charge is 0.373 e. The summed E-state index contributed by atoms with van der Waals surface area (Å²) in [4.78, 5) is 16.2. The standard InChI is InChI=1S/C4H10O.C2H4.CO2/c1-3-5-4-2;1-2;2-1-3/h3-4H2,1-2H3;1-2H2;. The van der Waals surface area contributed by atoms with Crippen molar-refractivity contribution in [2.75, 3.05) is 13.2 Å². The predicted octanol–water partition coefficient (Wildman–Crippen LogP) is 1.26. The Bertz CT molecular complexity index is 63.3. The van der Waals surface area contributed by atoms with Crippen LogP contribution < -0.4 is 0 Å². The molecule has 0 aliphatic carbocycles. The molecule has 0 heterocycles. The molecule has 0 aliphatic rings. The van der Waals surface area contributed by atoms with Gasteiger partial charge in [-0.05, 0) is 13.8 Å². The maximum atomic E-state index is 8.12. The van der Waals surface area contributed by atoms with E-state index >= 15 is 0 Å². The zero-order valence-corrected chi connectivity index (χ0v) is 6.55. The molecule has 0 spiro atoms. The molecule has 0 N–H and O–H groups in total. The molecule has 0 fully saturated rings. The van der Waals surface area contributed by atoms with Crippen LogP contribution in [0.2, 0.25) is 0 Å². The summed E-state index contributed by atoms with van der Waals surface area (Å²) < 4.78 is 4.83. The summed E-state index contributed by atoms with van der Waals surface area (Å²) in [5.41, 5.74) is 0. The van der Waals surface area contributed by atoms with Crippen LogP contribution >= 0.6 is 0 Å². The minimum Gasteiger partial charge on any atom is -0.382 e. The molecule has 10 heavy (non-hydrogen) atoms. The van der Waals surface area contributed by atoms with Crippen LogP contribution in [0.15, 0.2) is 13.2 Å². The molecule has 0 amide bonds. The third kappa shape index (κ3) is 224. The largest absolute Gasteiger partial charge is 0.382 e. The summed E-state index contributed by atoms with van der Waals surface area (Å²) in [6.45, 7) is 11.7. The summed E-state index contributed by atoms with van der Waals surface area (Å²) in [5, 5.41) is 0. The quantitative estimate of drug-likeness (QED) is 0.551. The van der Waals surface area contributed by atoms with Gasteiger partial charge in [0.05, 0.1) is 0 Å². The van der Waals surface area contributed by atoms with E-state index < -0.39 is 0 Å². The van der Waals surface area contributed by atoms with Gasteiger partial charge < -0.3 is 4.74 Å². The van der Waals surface area contributed by atoms with Crippen LogP contribution in [0.25, 0.3) is 0 Å². The fraction of sp³-hybridized carbons (Fsp3) is 0.571. The number of ether oxygens (including phenoxy) is 1. The van der Waals surface area contributed by atoms with Gasteiger partial charge in [0.1, 0.15) is 0 Å². The minimum absolute atomic E-state index is 0.250. The van der Waals surface area contributed by atoms with E-state index in [2.05, 4.69) is 13.2 Å². The maximum absolute atomic E-state index is 8.12. The Balaban J connectivity index is -0.0000000847. The molecule has 0 aromatic heterocycles. The Hall–Kier alpha value is -0.920. The van der Waals surface area contributed by atoms with E-state index in [-0.39, 0.29) is 6.15 Å². The summed E-state index contributed by atoms with van der Waals surface area (Å²) in [5.74, 6) is 0. The lowest BCUT2D eigenvalue weighted by molar-refractivity contribution is -0.191. The maximum Gasteiger partial charge on any atom is 0.373 e. The second-order valence-electron chi connectivity index (χ2n) is 0.865. The van der Waals surface area contributed by atoms with Crippen molar-refractivity contribution in [3.8, 4) is 0 Å². The van der Waals surface area contributed by atoms with Crippen LogP contribution in [-0.2, 0) is 14.3 Å².